The van der Waals surface area contributed by atoms with Crippen molar-refractivity contribution in [2.24, 2.45) is 0 Å². The molecule has 0 aromatic heterocycles. The van der Waals surface area contributed by atoms with Gasteiger partial charge in [-0.2, -0.15) is 21.0 Å². The van der Waals surface area contributed by atoms with E-state index in [9.17, 15) is 21.0 Å². The molecular formula is C85H68N4O8. The van der Waals surface area contributed by atoms with Crippen molar-refractivity contribution < 1.29 is 37.9 Å². The van der Waals surface area contributed by atoms with Gasteiger partial charge in [-0.05, 0) is 165 Å². The predicted octanol–water partition coefficient (Wildman–Crippen LogP) is 20.4. The summed E-state index contributed by atoms with van der Waals surface area (Å²) in [6, 6.07) is 77.9. The van der Waals surface area contributed by atoms with E-state index in [1.807, 2.05) is 194 Å². The van der Waals surface area contributed by atoms with Gasteiger partial charge < -0.3 is 37.9 Å². The molecule has 0 atom stereocenters. The van der Waals surface area contributed by atoms with Crippen LogP contribution in [0.1, 0.15) is 107 Å². The fourth-order valence-electron chi connectivity index (χ4n) is 13.0. The largest absolute Gasteiger partial charge is 0.488 e. The van der Waals surface area contributed by atoms with Gasteiger partial charge in [0.15, 0.2) is 23.0 Å². The maximum absolute atomic E-state index is 10.9. The highest BCUT2D eigenvalue weighted by molar-refractivity contribution is 5.69. The molecule has 0 radical (unpaired) electrons. The highest BCUT2D eigenvalue weighted by atomic mass is 16.5. The number of rotatable bonds is 24. The molecule has 0 saturated heterocycles. The molecule has 10 aromatic carbocycles. The fourth-order valence-corrected chi connectivity index (χ4v) is 13.0. The number of benzene rings is 10. The van der Waals surface area contributed by atoms with E-state index >= 15 is 0 Å². The molecule has 0 bridgehead atoms. The van der Waals surface area contributed by atoms with Crippen LogP contribution in [0.4, 0.5) is 0 Å². The normalized spacial score (nSPS) is 13.7. The van der Waals surface area contributed by atoms with E-state index in [1.165, 1.54) is 0 Å². The number of nitriles is 4. The van der Waals surface area contributed by atoms with Crippen LogP contribution in [0, 0.1) is 45.3 Å². The third-order valence-electron chi connectivity index (χ3n) is 17.2. The molecule has 12 nitrogen and oxygen atoms in total. The lowest BCUT2D eigenvalue weighted by Gasteiger charge is -2.31. The fraction of sp³-hybridized carbons (Fsp3) is 0.153. The molecule has 1 spiro atoms. The average molecular weight is 1270 g/mol. The van der Waals surface area contributed by atoms with Crippen molar-refractivity contribution in [2.45, 2.75) is 56.8 Å². The Kier molecular flexibility index (Phi) is 19.5. The summed E-state index contributed by atoms with van der Waals surface area (Å²) in [5.41, 5.74) is 6.76. The second-order valence-corrected chi connectivity index (χ2v) is 24.8. The molecule has 0 amide bonds. The first-order valence-electron chi connectivity index (χ1n) is 32.0. The summed E-state index contributed by atoms with van der Waals surface area (Å²) in [5.74, 6) is 3.34. The van der Waals surface area contributed by atoms with Crippen LogP contribution in [-0.4, -0.2) is 26.4 Å². The smallest absolute Gasteiger partial charge is 0.170 e. The van der Waals surface area contributed by atoms with Crippen molar-refractivity contribution in [2.75, 3.05) is 26.4 Å². The number of nitrogens with zero attached hydrogens (tertiary/aromatic N) is 4. The van der Waals surface area contributed by atoms with Crippen LogP contribution in [0.15, 0.2) is 243 Å². The summed E-state index contributed by atoms with van der Waals surface area (Å²) in [6.07, 6.45) is 16.6. The zero-order valence-corrected chi connectivity index (χ0v) is 54.2. The number of fused-ring (bicyclic) bond motifs is 4. The first-order valence-corrected chi connectivity index (χ1v) is 32.0. The van der Waals surface area contributed by atoms with Crippen molar-refractivity contribution in [1.29, 1.82) is 21.0 Å². The quantitative estimate of drug-likeness (QED) is 0.0562. The summed E-state index contributed by atoms with van der Waals surface area (Å²) in [5, 5.41) is 43.6. The summed E-state index contributed by atoms with van der Waals surface area (Å²) in [7, 11) is 0. The lowest BCUT2D eigenvalue weighted by molar-refractivity contribution is 0.348. The molecule has 2 aliphatic rings. The zero-order valence-electron chi connectivity index (χ0n) is 54.2. The van der Waals surface area contributed by atoms with E-state index in [1.54, 1.807) is 72.8 Å². The SMILES string of the molecule is CC1(C)CC2(CC(C)(C)c3cc(Oc4cccc(OC/C=C/c5ccccc5)c4C#N)c(Oc4cccc(OC/C=C/c5ccccc5)c4C#N)cc32)c2cc(Oc3cccc(OC/C=C/c4ccccc4)c3C#N)c(Oc3cccc(OC/C=C/c4ccccc4)c3C#N)cc21. The Bertz CT molecular complexity index is 4510. The van der Waals surface area contributed by atoms with Crippen molar-refractivity contribution in [3.05, 3.63) is 309 Å². The van der Waals surface area contributed by atoms with Gasteiger partial charge in [-0.3, -0.25) is 0 Å². The molecule has 476 valence electrons. The minimum atomic E-state index is -0.745. The van der Waals surface area contributed by atoms with Crippen molar-refractivity contribution in [3.8, 4) is 93.3 Å². The number of hydrogen-bond acceptors (Lipinski definition) is 12. The van der Waals surface area contributed by atoms with Crippen LogP contribution in [-0.2, 0) is 16.2 Å². The van der Waals surface area contributed by atoms with E-state index in [-0.39, 0.29) is 83.2 Å². The molecule has 0 fully saturated rings. The Morgan fingerprint density at radius 2 is 0.515 bits per heavy atom. The van der Waals surface area contributed by atoms with Crippen LogP contribution >= 0.6 is 0 Å². The van der Waals surface area contributed by atoms with Gasteiger partial charge in [0.2, 0.25) is 0 Å². The lowest BCUT2D eigenvalue weighted by atomic mass is 9.72. The minimum Gasteiger partial charge on any atom is -0.488 e. The monoisotopic (exact) mass is 1270 g/mol. The van der Waals surface area contributed by atoms with Gasteiger partial charge in [-0.1, -0.05) is 198 Å². The van der Waals surface area contributed by atoms with E-state index in [2.05, 4.69) is 52.0 Å². The van der Waals surface area contributed by atoms with E-state index in [0.717, 1.165) is 44.5 Å². The van der Waals surface area contributed by atoms with E-state index in [0.29, 0.717) is 47.3 Å². The molecule has 0 saturated carbocycles. The molecule has 97 heavy (non-hydrogen) atoms. The Balaban J connectivity index is 0.966. The molecule has 12 rings (SSSR count). The zero-order chi connectivity index (χ0) is 67.2. The Morgan fingerprint density at radius 1 is 0.289 bits per heavy atom. The molecule has 0 N–H and O–H groups in total. The summed E-state index contributed by atoms with van der Waals surface area (Å²) >= 11 is 0. The molecule has 12 heteroatoms. The van der Waals surface area contributed by atoms with Crippen LogP contribution in [0.3, 0.4) is 0 Å². The highest BCUT2D eigenvalue weighted by Crippen LogP contribution is 2.66. The number of hydrogen-bond donors (Lipinski definition) is 0. The average Bonchev–Trinajstić information content (AvgIpc) is 1.52. The van der Waals surface area contributed by atoms with Gasteiger partial charge in [0.1, 0.15) is 119 Å². The lowest BCUT2D eigenvalue weighted by Crippen LogP contribution is -2.27. The van der Waals surface area contributed by atoms with Gasteiger partial charge in [0.25, 0.3) is 0 Å². The first-order chi connectivity index (χ1) is 47.4. The Morgan fingerprint density at radius 3 is 0.753 bits per heavy atom. The minimum absolute atomic E-state index is 0.168. The second kappa shape index (κ2) is 29.2. The highest BCUT2D eigenvalue weighted by Gasteiger charge is 2.57. The molecule has 2 aliphatic carbocycles. The van der Waals surface area contributed by atoms with Gasteiger partial charge in [0, 0.05) is 5.41 Å². The molecule has 10 aromatic rings. The van der Waals surface area contributed by atoms with Crippen LogP contribution in [0.25, 0.3) is 24.3 Å². The second-order valence-electron chi connectivity index (χ2n) is 24.8. The van der Waals surface area contributed by atoms with Crippen molar-refractivity contribution >= 4 is 24.3 Å². The predicted molar refractivity (Wildman–Crippen MR) is 378 cm³/mol. The molecule has 0 aliphatic heterocycles. The maximum Gasteiger partial charge on any atom is 0.170 e. The summed E-state index contributed by atoms with van der Waals surface area (Å²) < 4.78 is 53.0. The molecule has 0 unspecified atom stereocenters. The van der Waals surface area contributed by atoms with Crippen LogP contribution in [0.2, 0.25) is 0 Å². The van der Waals surface area contributed by atoms with Gasteiger partial charge in [-0.25, -0.2) is 0 Å². The van der Waals surface area contributed by atoms with Crippen LogP contribution < -0.4 is 37.9 Å². The van der Waals surface area contributed by atoms with E-state index < -0.39 is 16.2 Å². The van der Waals surface area contributed by atoms with Crippen LogP contribution in [0.5, 0.6) is 69.0 Å². The van der Waals surface area contributed by atoms with Gasteiger partial charge in [-0.15, -0.1) is 0 Å². The van der Waals surface area contributed by atoms with Crippen molar-refractivity contribution in [1.82, 2.24) is 0 Å². The van der Waals surface area contributed by atoms with Gasteiger partial charge >= 0.3 is 0 Å². The topological polar surface area (TPSA) is 169 Å². The maximum atomic E-state index is 10.9. The third-order valence-corrected chi connectivity index (χ3v) is 17.2. The Labute approximate surface area is 566 Å². The summed E-state index contributed by atoms with van der Waals surface area (Å²) in [4.78, 5) is 0. The molecule has 0 heterocycles. The third kappa shape index (κ3) is 14.5. The van der Waals surface area contributed by atoms with Crippen molar-refractivity contribution in [3.63, 3.8) is 0 Å². The first kappa shape index (κ1) is 64.6. The standard InChI is InChI=1S/C85H68N4O8/c1-83(2)57-85(69-51-81(96-77-43-19-39-73(65(77)55-88)92-47-23-35-61-29-13-7-14-30-61)79(49-67(69)83)94-75-41-17-37-71(63(75)53-86)90-45-21-33-59-25-9-5-10-26-59)58-84(3,4)68-50-80(95-76-42-18-38-72(64(76)54-87)91-46-22-34-60-27-11-6-12-28-60)82(52-70(68)85)97-78-44-20-40-74(66(78)56-89)93-48-24-36-62-31-15-8-16-32-62/h5-44,49-52H,45-48,57-58H2,1-4H3/b33-21+,34-22+,35-23+,36-24+. The van der Waals surface area contributed by atoms with E-state index in [4.69, 9.17) is 37.9 Å². The Hall–Kier alpha value is -12.5. The summed E-state index contributed by atoms with van der Waals surface area (Å²) in [6.45, 7) is 9.58. The van der Waals surface area contributed by atoms with Gasteiger partial charge in [0.05, 0.1) is 0 Å². The number of ether oxygens (including phenoxy) is 8. The molecular weight excluding hydrogens is 1200 g/mol.